The first-order chi connectivity index (χ1) is 10.8. The molecule has 23 heavy (non-hydrogen) atoms. The van der Waals surface area contributed by atoms with E-state index in [1.165, 1.54) is 0 Å². The number of aryl methyl sites for hydroxylation is 1. The average molecular weight is 323 g/mol. The van der Waals surface area contributed by atoms with Gasteiger partial charge in [0.2, 0.25) is 11.4 Å². The lowest BCUT2D eigenvalue weighted by molar-refractivity contribution is -0.165. The Labute approximate surface area is 132 Å². The Kier molecular flexibility index (Phi) is 5.84. The molecule has 1 heterocycles. The van der Waals surface area contributed by atoms with Crippen molar-refractivity contribution in [3.8, 4) is 6.07 Å². The van der Waals surface area contributed by atoms with Crippen LogP contribution in [0.1, 0.15) is 23.9 Å². The standard InChI is InChI=1S/C14H17N3O6/c1-8-10(11(5-6-15)17-23-8)7-14(12(19)21-3,13(20)22-4)16-9(2)18/h5,7H2,1-4H3,(H,16,18). The molecule has 0 spiro atoms. The van der Waals surface area contributed by atoms with Crippen molar-refractivity contribution in [1.29, 1.82) is 5.26 Å². The molecule has 0 aromatic carbocycles. The van der Waals surface area contributed by atoms with E-state index >= 15 is 0 Å². The summed E-state index contributed by atoms with van der Waals surface area (Å²) in [5.74, 6) is -2.30. The van der Waals surface area contributed by atoms with Crippen LogP contribution in [-0.2, 0) is 36.7 Å². The van der Waals surface area contributed by atoms with E-state index in [0.29, 0.717) is 11.3 Å². The molecule has 1 aromatic rings. The van der Waals surface area contributed by atoms with Crippen LogP contribution in [0, 0.1) is 18.3 Å². The van der Waals surface area contributed by atoms with Crippen molar-refractivity contribution < 1.29 is 28.4 Å². The predicted octanol–water partition coefficient (Wildman–Crippen LogP) is -0.187. The minimum atomic E-state index is -2.09. The molecule has 0 fully saturated rings. The summed E-state index contributed by atoms with van der Waals surface area (Å²) in [6, 6.07) is 1.91. The Bertz CT molecular complexity index is 642. The summed E-state index contributed by atoms with van der Waals surface area (Å²) in [6.45, 7) is 2.72. The van der Waals surface area contributed by atoms with E-state index in [2.05, 4.69) is 19.9 Å². The maximum atomic E-state index is 12.2. The number of nitrogens with one attached hydrogen (secondary N) is 1. The van der Waals surface area contributed by atoms with Gasteiger partial charge in [0.05, 0.1) is 26.7 Å². The number of amides is 1. The van der Waals surface area contributed by atoms with E-state index in [4.69, 9.17) is 9.78 Å². The van der Waals surface area contributed by atoms with Crippen LogP contribution in [0.3, 0.4) is 0 Å². The Hall–Kier alpha value is -2.89. The summed E-state index contributed by atoms with van der Waals surface area (Å²) in [5, 5.41) is 14.8. The van der Waals surface area contributed by atoms with Crippen molar-refractivity contribution >= 4 is 17.8 Å². The molecule has 0 radical (unpaired) electrons. The number of rotatable bonds is 6. The highest BCUT2D eigenvalue weighted by Gasteiger charge is 2.50. The van der Waals surface area contributed by atoms with Crippen LogP contribution >= 0.6 is 0 Å². The molecule has 1 rings (SSSR count). The SMILES string of the molecule is COC(=O)C(Cc1c(CC#N)noc1C)(NC(C)=O)C(=O)OC. The zero-order valence-corrected chi connectivity index (χ0v) is 13.3. The number of carbonyl (C=O) groups is 3. The van der Waals surface area contributed by atoms with Gasteiger partial charge >= 0.3 is 11.9 Å². The summed E-state index contributed by atoms with van der Waals surface area (Å²) < 4.78 is 14.3. The monoisotopic (exact) mass is 323 g/mol. The van der Waals surface area contributed by atoms with E-state index in [1.807, 2.05) is 6.07 Å². The van der Waals surface area contributed by atoms with Crippen LogP contribution in [-0.4, -0.2) is 42.8 Å². The van der Waals surface area contributed by atoms with Gasteiger partial charge in [0.1, 0.15) is 11.5 Å². The zero-order chi connectivity index (χ0) is 17.6. The van der Waals surface area contributed by atoms with Gasteiger partial charge in [-0.2, -0.15) is 5.26 Å². The van der Waals surface area contributed by atoms with E-state index in [0.717, 1.165) is 21.1 Å². The average Bonchev–Trinajstić information content (AvgIpc) is 2.85. The van der Waals surface area contributed by atoms with Crippen molar-refractivity contribution in [2.24, 2.45) is 0 Å². The van der Waals surface area contributed by atoms with Crippen molar-refractivity contribution in [1.82, 2.24) is 10.5 Å². The highest BCUT2D eigenvalue weighted by atomic mass is 16.5. The molecule has 0 aliphatic heterocycles. The number of aromatic nitrogens is 1. The fourth-order valence-electron chi connectivity index (χ4n) is 2.17. The first-order valence-electron chi connectivity index (χ1n) is 6.59. The Morgan fingerprint density at radius 2 is 1.87 bits per heavy atom. The second kappa shape index (κ2) is 7.40. The third kappa shape index (κ3) is 3.66. The van der Waals surface area contributed by atoms with Gasteiger partial charge in [-0.15, -0.1) is 0 Å². The fraction of sp³-hybridized carbons (Fsp3) is 0.500. The molecule has 0 aliphatic carbocycles. The number of esters is 2. The van der Waals surface area contributed by atoms with Gasteiger partial charge in [-0.1, -0.05) is 5.16 Å². The molecule has 0 aliphatic rings. The van der Waals surface area contributed by atoms with Crippen molar-refractivity contribution in [2.45, 2.75) is 32.2 Å². The third-order valence-corrected chi connectivity index (χ3v) is 3.21. The Morgan fingerprint density at radius 3 is 2.30 bits per heavy atom. The van der Waals surface area contributed by atoms with Gasteiger partial charge in [-0.25, -0.2) is 9.59 Å². The van der Waals surface area contributed by atoms with Crippen LogP contribution in [0.5, 0.6) is 0 Å². The summed E-state index contributed by atoms with van der Waals surface area (Å²) in [4.78, 5) is 36.0. The zero-order valence-electron chi connectivity index (χ0n) is 13.3. The second-order valence-corrected chi connectivity index (χ2v) is 4.75. The maximum Gasteiger partial charge on any atom is 0.343 e. The van der Waals surface area contributed by atoms with Gasteiger partial charge in [0, 0.05) is 18.9 Å². The van der Waals surface area contributed by atoms with Gasteiger partial charge < -0.3 is 19.3 Å². The second-order valence-electron chi connectivity index (χ2n) is 4.75. The summed E-state index contributed by atoms with van der Waals surface area (Å²) in [5.41, 5.74) is -1.46. The minimum Gasteiger partial charge on any atom is -0.467 e. The molecule has 9 nitrogen and oxygen atoms in total. The molecule has 0 saturated heterocycles. The lowest BCUT2D eigenvalue weighted by Crippen LogP contribution is -2.62. The summed E-state index contributed by atoms with van der Waals surface area (Å²) >= 11 is 0. The molecule has 0 bridgehead atoms. The number of hydrogen-bond acceptors (Lipinski definition) is 8. The smallest absolute Gasteiger partial charge is 0.343 e. The van der Waals surface area contributed by atoms with Gasteiger partial charge in [-0.3, -0.25) is 4.79 Å². The van der Waals surface area contributed by atoms with Crippen LogP contribution in [0.25, 0.3) is 0 Å². The van der Waals surface area contributed by atoms with Crippen molar-refractivity contribution in [3.05, 3.63) is 17.0 Å². The lowest BCUT2D eigenvalue weighted by Gasteiger charge is -2.28. The fourth-order valence-corrected chi connectivity index (χ4v) is 2.17. The summed E-state index contributed by atoms with van der Waals surface area (Å²) in [6.07, 6.45) is -0.385. The van der Waals surface area contributed by atoms with E-state index in [1.54, 1.807) is 6.92 Å². The molecule has 0 unspecified atom stereocenters. The first-order valence-corrected chi connectivity index (χ1v) is 6.59. The quantitative estimate of drug-likeness (QED) is 0.563. The molecule has 1 N–H and O–H groups in total. The van der Waals surface area contributed by atoms with Crippen molar-refractivity contribution in [2.75, 3.05) is 14.2 Å². The van der Waals surface area contributed by atoms with Crippen molar-refractivity contribution in [3.63, 3.8) is 0 Å². The number of ether oxygens (including phenoxy) is 2. The largest absolute Gasteiger partial charge is 0.467 e. The predicted molar refractivity (Wildman–Crippen MR) is 74.8 cm³/mol. The lowest BCUT2D eigenvalue weighted by atomic mass is 9.89. The number of carbonyl (C=O) groups excluding carboxylic acids is 3. The third-order valence-electron chi connectivity index (χ3n) is 3.21. The highest BCUT2D eigenvalue weighted by Crippen LogP contribution is 2.23. The minimum absolute atomic E-state index is 0.0782. The molecule has 9 heteroatoms. The molecule has 0 saturated carbocycles. The molecule has 0 atom stereocenters. The topological polar surface area (TPSA) is 132 Å². The Balaban J connectivity index is 3.43. The van der Waals surface area contributed by atoms with Crippen LogP contribution in [0.15, 0.2) is 4.52 Å². The van der Waals surface area contributed by atoms with Crippen LogP contribution < -0.4 is 5.32 Å². The molecule has 1 aromatic heterocycles. The maximum absolute atomic E-state index is 12.2. The van der Waals surface area contributed by atoms with E-state index < -0.39 is 23.4 Å². The summed E-state index contributed by atoms with van der Waals surface area (Å²) in [7, 11) is 2.16. The van der Waals surface area contributed by atoms with Crippen LogP contribution in [0.4, 0.5) is 0 Å². The van der Waals surface area contributed by atoms with Gasteiger partial charge in [0.25, 0.3) is 0 Å². The van der Waals surface area contributed by atoms with Gasteiger partial charge in [0.15, 0.2) is 0 Å². The van der Waals surface area contributed by atoms with E-state index in [9.17, 15) is 14.4 Å². The number of methoxy groups -OCH3 is 2. The van der Waals surface area contributed by atoms with Gasteiger partial charge in [-0.05, 0) is 6.92 Å². The molecular weight excluding hydrogens is 306 g/mol. The normalized spacial score (nSPS) is 10.6. The molecule has 124 valence electrons. The highest BCUT2D eigenvalue weighted by molar-refractivity contribution is 6.08. The number of hydrogen-bond donors (Lipinski definition) is 1. The molecular formula is C14H17N3O6. The number of nitriles is 1. The van der Waals surface area contributed by atoms with Crippen LogP contribution in [0.2, 0.25) is 0 Å². The first kappa shape index (κ1) is 18.2. The molecule has 1 amide bonds. The van der Waals surface area contributed by atoms with E-state index in [-0.39, 0.29) is 18.5 Å². The number of nitrogens with zero attached hydrogens (tertiary/aromatic N) is 2. The Morgan fingerprint density at radius 1 is 1.30 bits per heavy atom.